The number of nitrogens with two attached hydrogens (primary N) is 1. The summed E-state index contributed by atoms with van der Waals surface area (Å²) in [5, 5.41) is 0. The predicted molar refractivity (Wildman–Crippen MR) is 75.8 cm³/mol. The lowest BCUT2D eigenvalue weighted by atomic mass is 9.98. The second kappa shape index (κ2) is 6.64. The number of halogens is 2. The van der Waals surface area contributed by atoms with Gasteiger partial charge in [0.2, 0.25) is 0 Å². The predicted octanol–water partition coefficient (Wildman–Crippen LogP) is 3.29. The molecule has 0 saturated carbocycles. The monoisotopic (exact) mass is 314 g/mol. The molecule has 0 bridgehead atoms. The van der Waals surface area contributed by atoms with Crippen LogP contribution in [-0.4, -0.2) is 24.0 Å². The van der Waals surface area contributed by atoms with Gasteiger partial charge in [-0.25, -0.2) is 4.39 Å². The van der Waals surface area contributed by atoms with Crippen molar-refractivity contribution in [3.63, 3.8) is 0 Å². The topological polar surface area (TPSA) is 29.3 Å². The van der Waals surface area contributed by atoms with E-state index in [1.165, 1.54) is 25.3 Å². The lowest BCUT2D eigenvalue weighted by Crippen LogP contribution is -2.40. The van der Waals surface area contributed by atoms with Gasteiger partial charge >= 0.3 is 0 Å². The highest BCUT2D eigenvalue weighted by atomic mass is 79.9. The molecule has 1 aromatic carbocycles. The standard InChI is InChI=1S/C14H20BrFN2/c15-12-7-11(8-13(16)9-12)10-18-6-2-1-3-14(18)4-5-17/h7-9,14H,1-6,10,17H2. The Labute approximate surface area is 116 Å². The van der Waals surface area contributed by atoms with E-state index in [-0.39, 0.29) is 5.82 Å². The Hall–Kier alpha value is -0.450. The molecule has 1 saturated heterocycles. The molecule has 1 heterocycles. The molecular weight excluding hydrogens is 295 g/mol. The van der Waals surface area contributed by atoms with Crippen molar-refractivity contribution in [2.24, 2.45) is 5.73 Å². The summed E-state index contributed by atoms with van der Waals surface area (Å²) in [7, 11) is 0. The van der Waals surface area contributed by atoms with Gasteiger partial charge in [-0.2, -0.15) is 0 Å². The molecule has 4 heteroatoms. The van der Waals surface area contributed by atoms with Crippen molar-refractivity contribution in [3.8, 4) is 0 Å². The van der Waals surface area contributed by atoms with Crippen LogP contribution in [-0.2, 0) is 6.54 Å². The molecule has 1 aliphatic heterocycles. The highest BCUT2D eigenvalue weighted by Crippen LogP contribution is 2.23. The molecule has 0 radical (unpaired) electrons. The van der Waals surface area contributed by atoms with Crippen molar-refractivity contribution in [1.29, 1.82) is 0 Å². The van der Waals surface area contributed by atoms with Crippen LogP contribution in [0.5, 0.6) is 0 Å². The summed E-state index contributed by atoms with van der Waals surface area (Å²) in [5.74, 6) is -0.174. The van der Waals surface area contributed by atoms with Gasteiger partial charge in [-0.15, -0.1) is 0 Å². The third kappa shape index (κ3) is 3.77. The molecule has 1 fully saturated rings. The van der Waals surface area contributed by atoms with Crippen LogP contribution < -0.4 is 5.73 Å². The van der Waals surface area contributed by atoms with Crippen LogP contribution in [0.2, 0.25) is 0 Å². The van der Waals surface area contributed by atoms with Crippen molar-refractivity contribution in [2.45, 2.75) is 38.3 Å². The number of benzene rings is 1. The van der Waals surface area contributed by atoms with Crippen LogP contribution in [0.25, 0.3) is 0 Å². The summed E-state index contributed by atoms with van der Waals surface area (Å²) in [6.45, 7) is 2.65. The lowest BCUT2D eigenvalue weighted by molar-refractivity contribution is 0.134. The second-order valence-electron chi connectivity index (χ2n) is 4.98. The lowest BCUT2D eigenvalue weighted by Gasteiger charge is -2.35. The number of nitrogens with zero attached hydrogens (tertiary/aromatic N) is 1. The Morgan fingerprint density at radius 3 is 2.89 bits per heavy atom. The van der Waals surface area contributed by atoms with Crippen LogP contribution in [0.3, 0.4) is 0 Å². The van der Waals surface area contributed by atoms with Crippen LogP contribution in [0.15, 0.2) is 22.7 Å². The Balaban J connectivity index is 2.05. The maximum absolute atomic E-state index is 13.4. The molecule has 18 heavy (non-hydrogen) atoms. The first-order valence-corrected chi connectivity index (χ1v) is 7.37. The zero-order valence-corrected chi connectivity index (χ0v) is 12.1. The summed E-state index contributed by atoms with van der Waals surface area (Å²) in [5.41, 5.74) is 6.70. The van der Waals surface area contributed by atoms with E-state index in [0.29, 0.717) is 6.04 Å². The quantitative estimate of drug-likeness (QED) is 0.924. The van der Waals surface area contributed by atoms with Gasteiger partial charge in [0.05, 0.1) is 0 Å². The highest BCUT2D eigenvalue weighted by Gasteiger charge is 2.21. The van der Waals surface area contributed by atoms with E-state index in [2.05, 4.69) is 20.8 Å². The Kier molecular flexibility index (Phi) is 5.15. The SMILES string of the molecule is NCCC1CCCCN1Cc1cc(F)cc(Br)c1. The van der Waals surface area contributed by atoms with Crippen LogP contribution >= 0.6 is 15.9 Å². The van der Waals surface area contributed by atoms with E-state index in [0.717, 1.165) is 36.1 Å². The van der Waals surface area contributed by atoms with Gasteiger partial charge in [-0.1, -0.05) is 22.4 Å². The Morgan fingerprint density at radius 1 is 1.33 bits per heavy atom. The average Bonchev–Trinajstić information content (AvgIpc) is 2.30. The van der Waals surface area contributed by atoms with Crippen LogP contribution in [0, 0.1) is 5.82 Å². The van der Waals surface area contributed by atoms with E-state index >= 15 is 0 Å². The van der Waals surface area contributed by atoms with Gasteiger partial charge in [0.15, 0.2) is 0 Å². The first-order chi connectivity index (χ1) is 8.69. The summed E-state index contributed by atoms with van der Waals surface area (Å²) in [6, 6.07) is 5.68. The molecule has 2 rings (SSSR count). The first kappa shape index (κ1) is 14.0. The first-order valence-electron chi connectivity index (χ1n) is 6.58. The van der Waals surface area contributed by atoms with Gasteiger partial charge in [0.25, 0.3) is 0 Å². The molecule has 1 unspecified atom stereocenters. The fraction of sp³-hybridized carbons (Fsp3) is 0.571. The average molecular weight is 315 g/mol. The molecule has 1 atom stereocenters. The number of hydrogen-bond donors (Lipinski definition) is 1. The summed E-state index contributed by atoms with van der Waals surface area (Å²) in [4.78, 5) is 2.44. The van der Waals surface area contributed by atoms with Crippen molar-refractivity contribution in [2.75, 3.05) is 13.1 Å². The molecule has 2 nitrogen and oxygen atoms in total. The largest absolute Gasteiger partial charge is 0.330 e. The highest BCUT2D eigenvalue weighted by molar-refractivity contribution is 9.10. The van der Waals surface area contributed by atoms with E-state index < -0.39 is 0 Å². The van der Waals surface area contributed by atoms with Crippen molar-refractivity contribution in [1.82, 2.24) is 4.90 Å². The van der Waals surface area contributed by atoms with Gasteiger partial charge in [0.1, 0.15) is 5.82 Å². The molecular formula is C14H20BrFN2. The molecule has 1 aromatic rings. The van der Waals surface area contributed by atoms with Crippen molar-refractivity contribution < 1.29 is 4.39 Å². The molecule has 0 amide bonds. The van der Waals surface area contributed by atoms with E-state index in [1.54, 1.807) is 6.07 Å². The maximum Gasteiger partial charge on any atom is 0.124 e. The van der Waals surface area contributed by atoms with E-state index in [9.17, 15) is 4.39 Å². The fourth-order valence-corrected chi connectivity index (χ4v) is 3.24. The van der Waals surface area contributed by atoms with Crippen molar-refractivity contribution in [3.05, 3.63) is 34.1 Å². The normalized spacial score (nSPS) is 21.2. The van der Waals surface area contributed by atoms with E-state index in [1.807, 2.05) is 6.07 Å². The summed E-state index contributed by atoms with van der Waals surface area (Å²) >= 11 is 3.35. The van der Waals surface area contributed by atoms with Gasteiger partial charge in [-0.05, 0) is 56.1 Å². The molecule has 0 spiro atoms. The van der Waals surface area contributed by atoms with Crippen molar-refractivity contribution >= 4 is 15.9 Å². The molecule has 2 N–H and O–H groups in total. The van der Waals surface area contributed by atoms with Crippen LogP contribution in [0.4, 0.5) is 4.39 Å². The minimum Gasteiger partial charge on any atom is -0.330 e. The Bertz CT molecular complexity index is 375. The molecule has 0 aliphatic carbocycles. The molecule has 0 aromatic heterocycles. The number of piperidine rings is 1. The van der Waals surface area contributed by atoms with Gasteiger partial charge < -0.3 is 5.73 Å². The van der Waals surface area contributed by atoms with Gasteiger partial charge in [0, 0.05) is 17.1 Å². The fourth-order valence-electron chi connectivity index (χ4n) is 2.72. The minimum absolute atomic E-state index is 0.174. The minimum atomic E-state index is -0.174. The van der Waals surface area contributed by atoms with Crippen LogP contribution in [0.1, 0.15) is 31.2 Å². The number of likely N-dealkylation sites (tertiary alicyclic amines) is 1. The summed E-state index contributed by atoms with van der Waals surface area (Å²) in [6.07, 6.45) is 4.77. The third-order valence-corrected chi connectivity index (χ3v) is 4.01. The number of rotatable bonds is 4. The summed E-state index contributed by atoms with van der Waals surface area (Å²) < 4.78 is 14.2. The Morgan fingerprint density at radius 2 is 2.17 bits per heavy atom. The van der Waals surface area contributed by atoms with E-state index in [4.69, 9.17) is 5.73 Å². The van der Waals surface area contributed by atoms with Gasteiger partial charge in [-0.3, -0.25) is 4.90 Å². The molecule has 1 aliphatic rings. The smallest absolute Gasteiger partial charge is 0.124 e. The number of hydrogen-bond acceptors (Lipinski definition) is 2. The molecule has 100 valence electrons. The zero-order chi connectivity index (χ0) is 13.0. The maximum atomic E-state index is 13.4. The zero-order valence-electron chi connectivity index (χ0n) is 10.5. The second-order valence-corrected chi connectivity index (χ2v) is 5.89. The third-order valence-electron chi connectivity index (χ3n) is 3.56.